The quantitative estimate of drug-likeness (QED) is 0.703. The average Bonchev–Trinajstić information content (AvgIpc) is 2.49. The second-order valence-electron chi connectivity index (χ2n) is 4.03. The Labute approximate surface area is 84.7 Å². The van der Waals surface area contributed by atoms with Gasteiger partial charge in [-0.3, -0.25) is 9.59 Å². The fourth-order valence-electron chi connectivity index (χ4n) is 1.80. The van der Waals surface area contributed by atoms with Gasteiger partial charge in [0.05, 0.1) is 0 Å². The molecule has 0 aliphatic carbocycles. The summed E-state index contributed by atoms with van der Waals surface area (Å²) in [5, 5.41) is 2.84. The van der Waals surface area contributed by atoms with Crippen LogP contribution in [0, 0.1) is 0 Å². The molecule has 0 unspecified atom stereocenters. The first-order valence-corrected chi connectivity index (χ1v) is 5.10. The van der Waals surface area contributed by atoms with Crippen molar-refractivity contribution in [1.29, 1.82) is 0 Å². The molecule has 80 valence electrons. The van der Waals surface area contributed by atoms with Crippen LogP contribution in [0.15, 0.2) is 0 Å². The molecule has 1 saturated heterocycles. The Bertz CT molecular complexity index is 238. The van der Waals surface area contributed by atoms with Gasteiger partial charge in [-0.05, 0) is 26.7 Å². The molecule has 0 aromatic heterocycles. The highest BCUT2D eigenvalue weighted by Crippen LogP contribution is 2.17. The number of likely N-dealkylation sites (tertiary alicyclic amines) is 1. The maximum atomic E-state index is 11.7. The lowest BCUT2D eigenvalue weighted by Gasteiger charge is -2.23. The second-order valence-corrected chi connectivity index (χ2v) is 4.03. The second kappa shape index (κ2) is 4.44. The van der Waals surface area contributed by atoms with Gasteiger partial charge in [-0.1, -0.05) is 0 Å². The van der Waals surface area contributed by atoms with E-state index in [9.17, 15) is 9.59 Å². The van der Waals surface area contributed by atoms with Gasteiger partial charge < -0.3 is 10.2 Å². The molecule has 1 N–H and O–H groups in total. The number of amides is 2. The van der Waals surface area contributed by atoms with Crippen molar-refractivity contribution in [3.05, 3.63) is 0 Å². The normalized spacial score (nSPS) is 21.4. The van der Waals surface area contributed by atoms with Gasteiger partial charge in [-0.2, -0.15) is 0 Å². The smallest absolute Gasteiger partial charge is 0.243 e. The van der Waals surface area contributed by atoms with Crippen LogP contribution in [-0.4, -0.2) is 35.3 Å². The fourth-order valence-corrected chi connectivity index (χ4v) is 1.80. The van der Waals surface area contributed by atoms with Crippen molar-refractivity contribution in [2.45, 2.75) is 45.7 Å². The molecule has 2 amide bonds. The minimum absolute atomic E-state index is 0.00796. The van der Waals surface area contributed by atoms with Gasteiger partial charge in [-0.25, -0.2) is 0 Å². The zero-order valence-electron chi connectivity index (χ0n) is 9.04. The van der Waals surface area contributed by atoms with E-state index in [4.69, 9.17) is 0 Å². The number of nitrogens with one attached hydrogen (secondary N) is 1. The van der Waals surface area contributed by atoms with E-state index in [0.717, 1.165) is 12.8 Å². The predicted molar refractivity (Wildman–Crippen MR) is 53.7 cm³/mol. The molecule has 1 rings (SSSR count). The molecule has 0 aromatic carbocycles. The van der Waals surface area contributed by atoms with Gasteiger partial charge in [0.2, 0.25) is 11.8 Å². The highest BCUT2D eigenvalue weighted by molar-refractivity contribution is 5.87. The van der Waals surface area contributed by atoms with Gasteiger partial charge in [0.15, 0.2) is 0 Å². The minimum Gasteiger partial charge on any atom is -0.352 e. The van der Waals surface area contributed by atoms with Gasteiger partial charge in [0.1, 0.15) is 6.04 Å². The molecule has 1 aliphatic rings. The number of nitrogens with zero attached hydrogens (tertiary/aromatic N) is 1. The fraction of sp³-hybridized carbons (Fsp3) is 0.800. The van der Waals surface area contributed by atoms with Crippen molar-refractivity contribution in [3.8, 4) is 0 Å². The van der Waals surface area contributed by atoms with E-state index in [-0.39, 0.29) is 23.9 Å². The molecule has 1 aliphatic heterocycles. The zero-order chi connectivity index (χ0) is 10.7. The molecule has 0 saturated carbocycles. The van der Waals surface area contributed by atoms with Crippen LogP contribution in [-0.2, 0) is 9.59 Å². The lowest BCUT2D eigenvalue weighted by atomic mass is 10.2. The summed E-state index contributed by atoms with van der Waals surface area (Å²) in [4.78, 5) is 24.5. The van der Waals surface area contributed by atoms with Crippen LogP contribution in [0.1, 0.15) is 33.6 Å². The van der Waals surface area contributed by atoms with Crippen molar-refractivity contribution in [1.82, 2.24) is 10.2 Å². The van der Waals surface area contributed by atoms with Crippen LogP contribution in [0.25, 0.3) is 0 Å². The van der Waals surface area contributed by atoms with E-state index >= 15 is 0 Å². The summed E-state index contributed by atoms with van der Waals surface area (Å²) in [7, 11) is 0. The highest BCUT2D eigenvalue weighted by atomic mass is 16.2. The van der Waals surface area contributed by atoms with E-state index < -0.39 is 0 Å². The summed E-state index contributed by atoms with van der Waals surface area (Å²) in [6.07, 6.45) is 1.72. The van der Waals surface area contributed by atoms with Crippen molar-refractivity contribution >= 4 is 11.8 Å². The summed E-state index contributed by atoms with van der Waals surface area (Å²) < 4.78 is 0. The summed E-state index contributed by atoms with van der Waals surface area (Å²) in [6.45, 7) is 6.07. The Morgan fingerprint density at radius 3 is 2.57 bits per heavy atom. The number of carbonyl (C=O) groups is 2. The van der Waals surface area contributed by atoms with E-state index in [1.807, 2.05) is 13.8 Å². The standard InChI is InChI=1S/C10H18N2O2/c1-7(2)11-10(14)9-5-4-6-12(9)8(3)13/h7,9H,4-6H2,1-3H3,(H,11,14)/t9-/m0/s1. The van der Waals surface area contributed by atoms with Crippen molar-refractivity contribution in [2.24, 2.45) is 0 Å². The van der Waals surface area contributed by atoms with Gasteiger partial charge in [0.25, 0.3) is 0 Å². The zero-order valence-corrected chi connectivity index (χ0v) is 9.04. The van der Waals surface area contributed by atoms with Crippen molar-refractivity contribution < 1.29 is 9.59 Å². The molecule has 0 bridgehead atoms. The first-order chi connectivity index (χ1) is 6.52. The Morgan fingerprint density at radius 2 is 2.07 bits per heavy atom. The molecule has 4 nitrogen and oxygen atoms in total. The summed E-state index contributed by atoms with van der Waals surface area (Å²) >= 11 is 0. The van der Waals surface area contributed by atoms with E-state index in [1.165, 1.54) is 6.92 Å². The first kappa shape index (κ1) is 11.0. The monoisotopic (exact) mass is 198 g/mol. The number of hydrogen-bond acceptors (Lipinski definition) is 2. The molecule has 1 heterocycles. The van der Waals surface area contributed by atoms with Crippen LogP contribution in [0.4, 0.5) is 0 Å². The third kappa shape index (κ3) is 2.47. The summed E-state index contributed by atoms with van der Waals surface area (Å²) in [5.74, 6) is -0.0286. The van der Waals surface area contributed by atoms with Crippen LogP contribution in [0.5, 0.6) is 0 Å². The number of hydrogen-bond donors (Lipinski definition) is 1. The highest BCUT2D eigenvalue weighted by Gasteiger charge is 2.32. The number of carbonyl (C=O) groups excluding carboxylic acids is 2. The molecular weight excluding hydrogens is 180 g/mol. The van der Waals surface area contributed by atoms with Crippen LogP contribution >= 0.6 is 0 Å². The number of rotatable bonds is 2. The molecule has 14 heavy (non-hydrogen) atoms. The molecule has 1 fully saturated rings. The Kier molecular flexibility index (Phi) is 3.49. The lowest BCUT2D eigenvalue weighted by molar-refractivity contribution is -0.137. The molecule has 0 radical (unpaired) electrons. The van der Waals surface area contributed by atoms with Crippen molar-refractivity contribution in [2.75, 3.05) is 6.54 Å². The third-order valence-corrected chi connectivity index (χ3v) is 2.39. The lowest BCUT2D eigenvalue weighted by Crippen LogP contribution is -2.47. The van der Waals surface area contributed by atoms with Gasteiger partial charge in [-0.15, -0.1) is 0 Å². The maximum absolute atomic E-state index is 11.7. The molecule has 0 spiro atoms. The molecule has 4 heteroatoms. The minimum atomic E-state index is -0.241. The SMILES string of the molecule is CC(=O)N1CCC[C@H]1C(=O)NC(C)C. The topological polar surface area (TPSA) is 49.4 Å². The Hall–Kier alpha value is -1.06. The van der Waals surface area contributed by atoms with E-state index in [1.54, 1.807) is 4.90 Å². The molecular formula is C10H18N2O2. The Morgan fingerprint density at radius 1 is 1.43 bits per heavy atom. The van der Waals surface area contributed by atoms with Crippen LogP contribution in [0.2, 0.25) is 0 Å². The summed E-state index contributed by atoms with van der Waals surface area (Å²) in [6, 6.07) is -0.105. The summed E-state index contributed by atoms with van der Waals surface area (Å²) in [5.41, 5.74) is 0. The largest absolute Gasteiger partial charge is 0.352 e. The van der Waals surface area contributed by atoms with Crippen LogP contribution in [0.3, 0.4) is 0 Å². The molecule has 0 aromatic rings. The van der Waals surface area contributed by atoms with Crippen molar-refractivity contribution in [3.63, 3.8) is 0 Å². The van der Waals surface area contributed by atoms with E-state index in [0.29, 0.717) is 6.54 Å². The molecule has 1 atom stereocenters. The maximum Gasteiger partial charge on any atom is 0.243 e. The van der Waals surface area contributed by atoms with Gasteiger partial charge in [0, 0.05) is 19.5 Å². The van der Waals surface area contributed by atoms with Gasteiger partial charge >= 0.3 is 0 Å². The van der Waals surface area contributed by atoms with Crippen LogP contribution < -0.4 is 5.32 Å². The predicted octanol–water partition coefficient (Wildman–Crippen LogP) is 0.522. The third-order valence-electron chi connectivity index (χ3n) is 2.39. The average molecular weight is 198 g/mol. The van der Waals surface area contributed by atoms with E-state index in [2.05, 4.69) is 5.32 Å². The first-order valence-electron chi connectivity index (χ1n) is 5.10. The Balaban J connectivity index is 2.58.